The summed E-state index contributed by atoms with van der Waals surface area (Å²) >= 11 is 1.48. The fourth-order valence-corrected chi connectivity index (χ4v) is 1.87. The van der Waals surface area contributed by atoms with E-state index in [9.17, 15) is 9.59 Å². The zero-order chi connectivity index (χ0) is 12.0. The molecular weight excluding hydrogens is 228 g/mol. The Morgan fingerprint density at radius 2 is 2.31 bits per heavy atom. The highest BCUT2D eigenvalue weighted by atomic mass is 32.1. The first-order chi connectivity index (χ1) is 7.59. The SMILES string of the molecule is CC(NC(=O)CCCC(=O)O)c1nccs1. The summed E-state index contributed by atoms with van der Waals surface area (Å²) < 4.78 is 0. The van der Waals surface area contributed by atoms with Gasteiger partial charge >= 0.3 is 5.97 Å². The highest BCUT2D eigenvalue weighted by Gasteiger charge is 2.11. The molecule has 0 radical (unpaired) electrons. The fraction of sp³-hybridized carbons (Fsp3) is 0.500. The van der Waals surface area contributed by atoms with E-state index in [1.54, 1.807) is 6.20 Å². The molecule has 0 fully saturated rings. The number of carboxylic acid groups (broad SMARTS) is 1. The number of amides is 1. The summed E-state index contributed by atoms with van der Waals surface area (Å²) in [5.74, 6) is -1.01. The van der Waals surface area contributed by atoms with E-state index >= 15 is 0 Å². The normalized spacial score (nSPS) is 12.1. The zero-order valence-corrected chi connectivity index (χ0v) is 9.79. The highest BCUT2D eigenvalue weighted by Crippen LogP contribution is 2.14. The van der Waals surface area contributed by atoms with Crippen molar-refractivity contribution < 1.29 is 14.7 Å². The van der Waals surface area contributed by atoms with Gasteiger partial charge in [-0.3, -0.25) is 9.59 Å². The van der Waals surface area contributed by atoms with Crippen molar-refractivity contribution in [1.82, 2.24) is 10.3 Å². The summed E-state index contributed by atoms with van der Waals surface area (Å²) in [6.45, 7) is 1.86. The molecule has 0 saturated heterocycles. The van der Waals surface area contributed by atoms with Crippen LogP contribution in [0.15, 0.2) is 11.6 Å². The third-order valence-corrected chi connectivity index (χ3v) is 2.95. The van der Waals surface area contributed by atoms with Gasteiger partial charge in [0, 0.05) is 24.4 Å². The molecule has 1 aromatic rings. The average Bonchev–Trinajstić information content (AvgIpc) is 2.69. The van der Waals surface area contributed by atoms with Crippen molar-refractivity contribution in [3.63, 3.8) is 0 Å². The molecule has 5 nitrogen and oxygen atoms in total. The molecule has 88 valence electrons. The Kier molecular flexibility index (Phi) is 4.91. The van der Waals surface area contributed by atoms with Crippen LogP contribution in [-0.4, -0.2) is 22.0 Å². The first kappa shape index (κ1) is 12.6. The lowest BCUT2D eigenvalue weighted by atomic mass is 10.2. The Bertz CT molecular complexity index is 351. The fourth-order valence-electron chi connectivity index (χ4n) is 1.22. The lowest BCUT2D eigenvalue weighted by Crippen LogP contribution is -2.26. The Morgan fingerprint density at radius 1 is 1.56 bits per heavy atom. The van der Waals surface area contributed by atoms with Crippen molar-refractivity contribution in [2.24, 2.45) is 0 Å². The number of rotatable bonds is 6. The van der Waals surface area contributed by atoms with Crippen molar-refractivity contribution in [3.05, 3.63) is 16.6 Å². The minimum absolute atomic E-state index is 0.0268. The molecule has 0 saturated carbocycles. The van der Waals surface area contributed by atoms with Crippen LogP contribution in [0.5, 0.6) is 0 Å². The van der Waals surface area contributed by atoms with Gasteiger partial charge in [0.25, 0.3) is 0 Å². The second-order valence-electron chi connectivity index (χ2n) is 3.41. The number of thiazole rings is 1. The summed E-state index contributed by atoms with van der Waals surface area (Å²) in [6.07, 6.45) is 2.32. The number of carbonyl (C=O) groups excluding carboxylic acids is 1. The monoisotopic (exact) mass is 242 g/mol. The maximum absolute atomic E-state index is 11.4. The van der Waals surface area contributed by atoms with Gasteiger partial charge in [0.2, 0.25) is 5.91 Å². The van der Waals surface area contributed by atoms with Gasteiger partial charge in [0.05, 0.1) is 6.04 Å². The van der Waals surface area contributed by atoms with E-state index in [1.807, 2.05) is 12.3 Å². The zero-order valence-electron chi connectivity index (χ0n) is 8.97. The smallest absolute Gasteiger partial charge is 0.303 e. The lowest BCUT2D eigenvalue weighted by Gasteiger charge is -2.10. The van der Waals surface area contributed by atoms with Crippen LogP contribution in [0.25, 0.3) is 0 Å². The summed E-state index contributed by atoms with van der Waals surface area (Å²) in [4.78, 5) is 25.7. The Balaban J connectivity index is 2.26. The summed E-state index contributed by atoms with van der Waals surface area (Å²) in [5, 5.41) is 13.9. The summed E-state index contributed by atoms with van der Waals surface area (Å²) in [6, 6.07) is -0.114. The second-order valence-corrected chi connectivity index (χ2v) is 4.33. The van der Waals surface area contributed by atoms with Gasteiger partial charge in [-0.2, -0.15) is 0 Å². The van der Waals surface area contributed by atoms with Crippen LogP contribution in [0.1, 0.15) is 37.2 Å². The van der Waals surface area contributed by atoms with Gasteiger partial charge in [0.15, 0.2) is 0 Å². The van der Waals surface area contributed by atoms with E-state index in [0.29, 0.717) is 6.42 Å². The van der Waals surface area contributed by atoms with Crippen LogP contribution in [0.4, 0.5) is 0 Å². The minimum Gasteiger partial charge on any atom is -0.481 e. The molecule has 1 unspecified atom stereocenters. The molecule has 2 N–H and O–H groups in total. The molecule has 1 atom stereocenters. The molecule has 0 bridgehead atoms. The van der Waals surface area contributed by atoms with Crippen LogP contribution >= 0.6 is 11.3 Å². The Hall–Kier alpha value is -1.43. The number of nitrogens with zero attached hydrogens (tertiary/aromatic N) is 1. The number of aromatic nitrogens is 1. The third kappa shape index (κ3) is 4.39. The molecule has 1 aromatic heterocycles. The maximum Gasteiger partial charge on any atom is 0.303 e. The van der Waals surface area contributed by atoms with Crippen LogP contribution in [-0.2, 0) is 9.59 Å². The van der Waals surface area contributed by atoms with Crippen LogP contribution in [0, 0.1) is 0 Å². The Labute approximate surface area is 97.5 Å². The molecule has 0 spiro atoms. The molecule has 0 aliphatic heterocycles. The van der Waals surface area contributed by atoms with Gasteiger partial charge in [0.1, 0.15) is 5.01 Å². The molecule has 0 aromatic carbocycles. The number of hydrogen-bond donors (Lipinski definition) is 2. The van der Waals surface area contributed by atoms with E-state index in [2.05, 4.69) is 10.3 Å². The number of hydrogen-bond acceptors (Lipinski definition) is 4. The van der Waals surface area contributed by atoms with Gasteiger partial charge in [-0.05, 0) is 13.3 Å². The van der Waals surface area contributed by atoms with E-state index in [-0.39, 0.29) is 24.8 Å². The van der Waals surface area contributed by atoms with Crippen LogP contribution in [0.2, 0.25) is 0 Å². The standard InChI is InChI=1S/C10H14N2O3S/c1-7(10-11-5-6-16-10)12-8(13)3-2-4-9(14)15/h5-7H,2-4H2,1H3,(H,12,13)(H,14,15). The summed E-state index contributed by atoms with van der Waals surface area (Å²) in [7, 11) is 0. The predicted octanol–water partition coefficient (Wildman–Crippen LogP) is 1.58. The molecule has 0 aliphatic rings. The van der Waals surface area contributed by atoms with E-state index in [1.165, 1.54) is 11.3 Å². The second kappa shape index (κ2) is 6.22. The predicted molar refractivity (Wildman–Crippen MR) is 60.2 cm³/mol. The molecule has 1 rings (SSSR count). The first-order valence-corrected chi connectivity index (χ1v) is 5.88. The highest BCUT2D eigenvalue weighted by molar-refractivity contribution is 7.09. The van der Waals surface area contributed by atoms with Crippen molar-refractivity contribution in [2.45, 2.75) is 32.2 Å². The van der Waals surface area contributed by atoms with Crippen molar-refractivity contribution in [3.8, 4) is 0 Å². The van der Waals surface area contributed by atoms with Crippen molar-refractivity contribution in [2.75, 3.05) is 0 Å². The van der Waals surface area contributed by atoms with E-state index in [0.717, 1.165) is 5.01 Å². The average molecular weight is 242 g/mol. The van der Waals surface area contributed by atoms with Gasteiger partial charge in [-0.1, -0.05) is 0 Å². The van der Waals surface area contributed by atoms with E-state index < -0.39 is 5.97 Å². The maximum atomic E-state index is 11.4. The number of carboxylic acids is 1. The first-order valence-electron chi connectivity index (χ1n) is 5.00. The topological polar surface area (TPSA) is 79.3 Å². The molecule has 1 amide bonds. The molecule has 1 heterocycles. The van der Waals surface area contributed by atoms with Crippen molar-refractivity contribution >= 4 is 23.2 Å². The van der Waals surface area contributed by atoms with Gasteiger partial charge in [-0.25, -0.2) is 4.98 Å². The minimum atomic E-state index is -0.874. The van der Waals surface area contributed by atoms with Crippen LogP contribution in [0.3, 0.4) is 0 Å². The summed E-state index contributed by atoms with van der Waals surface area (Å²) in [5.41, 5.74) is 0. The molecular formula is C10H14N2O3S. The largest absolute Gasteiger partial charge is 0.481 e. The van der Waals surface area contributed by atoms with E-state index in [4.69, 9.17) is 5.11 Å². The van der Waals surface area contributed by atoms with Gasteiger partial charge < -0.3 is 10.4 Å². The lowest BCUT2D eigenvalue weighted by molar-refractivity contribution is -0.137. The third-order valence-electron chi connectivity index (χ3n) is 1.99. The molecule has 16 heavy (non-hydrogen) atoms. The number of nitrogens with one attached hydrogen (secondary N) is 1. The van der Waals surface area contributed by atoms with Gasteiger partial charge in [-0.15, -0.1) is 11.3 Å². The van der Waals surface area contributed by atoms with Crippen molar-refractivity contribution in [1.29, 1.82) is 0 Å². The Morgan fingerprint density at radius 3 is 2.88 bits per heavy atom. The van der Waals surface area contributed by atoms with Crippen LogP contribution < -0.4 is 5.32 Å². The number of aliphatic carboxylic acids is 1. The quantitative estimate of drug-likeness (QED) is 0.793. The number of carbonyl (C=O) groups is 2. The molecule has 0 aliphatic carbocycles. The molecule has 6 heteroatoms.